The number of rotatable bonds is 2. The zero-order chi connectivity index (χ0) is 17.1. The van der Waals surface area contributed by atoms with E-state index in [4.69, 9.17) is 11.2 Å². The van der Waals surface area contributed by atoms with Crippen LogP contribution in [0.15, 0.2) is 24.3 Å². The van der Waals surface area contributed by atoms with E-state index < -0.39 is 0 Å². The summed E-state index contributed by atoms with van der Waals surface area (Å²) >= 11 is 0. The minimum atomic E-state index is -0.169. The average molecular weight is 324 g/mol. The number of carbonyl (C=O) groups is 1. The van der Waals surface area contributed by atoms with Crippen molar-refractivity contribution >= 4 is 11.7 Å². The second-order valence-electron chi connectivity index (χ2n) is 5.79. The van der Waals surface area contributed by atoms with Gasteiger partial charge >= 0.3 is 6.03 Å². The van der Waals surface area contributed by atoms with Crippen LogP contribution in [0.3, 0.4) is 0 Å². The topological polar surface area (TPSA) is 70.2 Å². The van der Waals surface area contributed by atoms with Crippen LogP contribution < -0.4 is 5.32 Å². The molecule has 124 valence electrons. The van der Waals surface area contributed by atoms with E-state index in [0.29, 0.717) is 25.4 Å². The van der Waals surface area contributed by atoms with Crippen LogP contribution in [0.25, 0.3) is 0 Å². The van der Waals surface area contributed by atoms with Gasteiger partial charge in [0.15, 0.2) is 0 Å². The van der Waals surface area contributed by atoms with Gasteiger partial charge in [-0.05, 0) is 32.0 Å². The average Bonchev–Trinajstić information content (AvgIpc) is 2.93. The second kappa shape index (κ2) is 6.77. The maximum atomic E-state index is 12.8. The van der Waals surface area contributed by atoms with Crippen molar-refractivity contribution in [2.24, 2.45) is 0 Å². The molecule has 0 aliphatic carbocycles. The van der Waals surface area contributed by atoms with Gasteiger partial charge in [-0.25, -0.2) is 4.79 Å². The standard InChI is InChI=1S/C18H20N4O2/c1-4-14-6-5-7-15(10-14)19-18(23)22-8-9-24-11-16(22)17-12(2)20-21-13(17)3/h1,5-7,10,16H,8-9,11H2,2-3H3,(H,19,23)(H,20,21)/t16-/m0/s1. The Balaban J connectivity index is 1.82. The van der Waals surface area contributed by atoms with E-state index in [2.05, 4.69) is 21.4 Å². The van der Waals surface area contributed by atoms with Crippen molar-refractivity contribution in [1.29, 1.82) is 0 Å². The molecule has 0 radical (unpaired) electrons. The molecule has 2 amide bonds. The number of hydrogen-bond donors (Lipinski definition) is 2. The quantitative estimate of drug-likeness (QED) is 0.834. The largest absolute Gasteiger partial charge is 0.377 e. The Morgan fingerprint density at radius 3 is 3.04 bits per heavy atom. The molecule has 2 aromatic rings. The monoisotopic (exact) mass is 324 g/mol. The number of aryl methyl sites for hydroxylation is 2. The van der Waals surface area contributed by atoms with Crippen LogP contribution in [-0.4, -0.2) is 40.9 Å². The molecular formula is C18H20N4O2. The lowest BCUT2D eigenvalue weighted by atomic mass is 10.0. The maximum absolute atomic E-state index is 12.8. The molecule has 1 fully saturated rings. The van der Waals surface area contributed by atoms with Crippen LogP contribution in [0.1, 0.15) is 28.6 Å². The maximum Gasteiger partial charge on any atom is 0.322 e. The number of H-pyrrole nitrogens is 1. The number of nitrogens with zero attached hydrogens (tertiary/aromatic N) is 2. The fourth-order valence-corrected chi connectivity index (χ4v) is 3.02. The highest BCUT2D eigenvalue weighted by Crippen LogP contribution is 2.29. The zero-order valence-corrected chi connectivity index (χ0v) is 13.8. The SMILES string of the molecule is C#Cc1cccc(NC(=O)N2CCOC[C@H]2c2c(C)n[nH]c2C)c1. The van der Waals surface area contributed by atoms with Crippen LogP contribution in [-0.2, 0) is 4.74 Å². The van der Waals surface area contributed by atoms with Crippen molar-refractivity contribution in [3.63, 3.8) is 0 Å². The van der Waals surface area contributed by atoms with Gasteiger partial charge in [0.25, 0.3) is 0 Å². The summed E-state index contributed by atoms with van der Waals surface area (Å²) in [4.78, 5) is 14.6. The predicted octanol–water partition coefficient (Wildman–Crippen LogP) is 2.61. The molecule has 1 atom stereocenters. The molecule has 3 rings (SSSR count). The lowest BCUT2D eigenvalue weighted by Crippen LogP contribution is -2.45. The van der Waals surface area contributed by atoms with Gasteiger partial charge in [0.1, 0.15) is 0 Å². The third-order valence-corrected chi connectivity index (χ3v) is 4.19. The van der Waals surface area contributed by atoms with E-state index in [-0.39, 0.29) is 12.1 Å². The summed E-state index contributed by atoms with van der Waals surface area (Å²) in [6.07, 6.45) is 5.41. The van der Waals surface area contributed by atoms with Crippen LogP contribution in [0.2, 0.25) is 0 Å². The van der Waals surface area contributed by atoms with Crippen molar-refractivity contribution in [1.82, 2.24) is 15.1 Å². The first kappa shape index (κ1) is 16.1. The number of amides is 2. The van der Waals surface area contributed by atoms with Gasteiger partial charge < -0.3 is 15.0 Å². The third-order valence-electron chi connectivity index (χ3n) is 4.19. The molecule has 0 unspecified atom stereocenters. The van der Waals surface area contributed by atoms with Gasteiger partial charge in [-0.15, -0.1) is 6.42 Å². The highest BCUT2D eigenvalue weighted by Gasteiger charge is 2.31. The molecule has 1 aliphatic rings. The number of aromatic amines is 1. The van der Waals surface area contributed by atoms with Crippen molar-refractivity contribution in [3.05, 3.63) is 46.8 Å². The highest BCUT2D eigenvalue weighted by molar-refractivity contribution is 5.90. The first-order valence-corrected chi connectivity index (χ1v) is 7.83. The second-order valence-corrected chi connectivity index (χ2v) is 5.79. The van der Waals surface area contributed by atoms with Crippen LogP contribution >= 0.6 is 0 Å². The lowest BCUT2D eigenvalue weighted by molar-refractivity contribution is 0.0143. The molecule has 0 saturated carbocycles. The Labute approximate surface area is 141 Å². The molecule has 0 spiro atoms. The van der Waals surface area contributed by atoms with Crippen molar-refractivity contribution in [2.75, 3.05) is 25.1 Å². The fraction of sp³-hybridized carbons (Fsp3) is 0.333. The van der Waals surface area contributed by atoms with E-state index in [1.54, 1.807) is 11.0 Å². The Morgan fingerprint density at radius 1 is 1.50 bits per heavy atom. The third kappa shape index (κ3) is 3.12. The Kier molecular flexibility index (Phi) is 4.54. The number of ether oxygens (including phenoxy) is 1. The summed E-state index contributed by atoms with van der Waals surface area (Å²) in [7, 11) is 0. The van der Waals surface area contributed by atoms with Gasteiger partial charge in [0.05, 0.1) is 24.9 Å². The van der Waals surface area contributed by atoms with E-state index >= 15 is 0 Å². The lowest BCUT2D eigenvalue weighted by Gasteiger charge is -2.36. The number of terminal acetylenes is 1. The van der Waals surface area contributed by atoms with Crippen LogP contribution in [0.4, 0.5) is 10.5 Å². The summed E-state index contributed by atoms with van der Waals surface area (Å²) in [5.41, 5.74) is 4.27. The Bertz CT molecular complexity index is 771. The number of hydrogen-bond acceptors (Lipinski definition) is 3. The molecule has 1 saturated heterocycles. The first-order valence-electron chi connectivity index (χ1n) is 7.83. The molecule has 1 aromatic heterocycles. The molecule has 1 aliphatic heterocycles. The van der Waals surface area contributed by atoms with Gasteiger partial charge in [-0.1, -0.05) is 12.0 Å². The molecular weight excluding hydrogens is 304 g/mol. The van der Waals surface area contributed by atoms with Gasteiger partial charge in [0, 0.05) is 29.1 Å². The van der Waals surface area contributed by atoms with E-state index in [1.807, 2.05) is 32.0 Å². The fourth-order valence-electron chi connectivity index (χ4n) is 3.02. The van der Waals surface area contributed by atoms with Gasteiger partial charge in [-0.2, -0.15) is 5.10 Å². The number of carbonyl (C=O) groups excluding carboxylic acids is 1. The predicted molar refractivity (Wildman–Crippen MR) is 91.7 cm³/mol. The number of benzene rings is 1. The van der Waals surface area contributed by atoms with Gasteiger partial charge in [0.2, 0.25) is 0 Å². The van der Waals surface area contributed by atoms with Crippen molar-refractivity contribution in [3.8, 4) is 12.3 Å². The van der Waals surface area contributed by atoms with Crippen LogP contribution in [0, 0.1) is 26.2 Å². The summed E-state index contributed by atoms with van der Waals surface area (Å²) in [6.45, 7) is 5.38. The zero-order valence-electron chi connectivity index (χ0n) is 13.8. The van der Waals surface area contributed by atoms with Crippen molar-refractivity contribution < 1.29 is 9.53 Å². The van der Waals surface area contributed by atoms with E-state index in [0.717, 1.165) is 22.5 Å². The van der Waals surface area contributed by atoms with Crippen molar-refractivity contribution in [2.45, 2.75) is 19.9 Å². The Morgan fingerprint density at radius 2 is 2.33 bits per heavy atom. The molecule has 1 aromatic carbocycles. The summed E-state index contributed by atoms with van der Waals surface area (Å²) in [5, 5.41) is 10.1. The summed E-state index contributed by atoms with van der Waals surface area (Å²) < 4.78 is 5.59. The summed E-state index contributed by atoms with van der Waals surface area (Å²) in [6, 6.07) is 6.92. The minimum absolute atomic E-state index is 0.159. The number of urea groups is 1. The molecule has 6 nitrogen and oxygen atoms in total. The van der Waals surface area contributed by atoms with Crippen LogP contribution in [0.5, 0.6) is 0 Å². The Hall–Kier alpha value is -2.78. The number of aromatic nitrogens is 2. The first-order chi connectivity index (χ1) is 11.6. The van der Waals surface area contributed by atoms with E-state index in [9.17, 15) is 4.79 Å². The molecule has 2 N–H and O–H groups in total. The normalized spacial score (nSPS) is 17.4. The molecule has 2 heterocycles. The van der Waals surface area contributed by atoms with Gasteiger partial charge in [-0.3, -0.25) is 5.10 Å². The molecule has 0 bridgehead atoms. The molecule has 6 heteroatoms. The minimum Gasteiger partial charge on any atom is -0.377 e. The number of nitrogens with one attached hydrogen (secondary N) is 2. The smallest absolute Gasteiger partial charge is 0.322 e. The number of anilines is 1. The highest BCUT2D eigenvalue weighted by atomic mass is 16.5. The number of morpholine rings is 1. The van der Waals surface area contributed by atoms with E-state index in [1.165, 1.54) is 0 Å². The summed E-state index contributed by atoms with van der Waals surface area (Å²) in [5.74, 6) is 2.57. The molecule has 24 heavy (non-hydrogen) atoms.